The highest BCUT2D eigenvalue weighted by atomic mass is 32.1. The number of carbonyl (C=O) groups is 2. The second kappa shape index (κ2) is 12.0. The number of carboxylic acids is 1. The predicted octanol–water partition coefficient (Wildman–Crippen LogP) is 4.92. The Morgan fingerprint density at radius 1 is 0.919 bits per heavy atom. The number of nitrogens with zero attached hydrogens (tertiary/aromatic N) is 2. The summed E-state index contributed by atoms with van der Waals surface area (Å²) in [7, 11) is 0. The molecule has 37 heavy (non-hydrogen) atoms. The van der Waals surface area contributed by atoms with Gasteiger partial charge in [-0.25, -0.2) is 14.6 Å². The van der Waals surface area contributed by atoms with Crippen molar-refractivity contribution in [2.24, 2.45) is 5.16 Å². The van der Waals surface area contributed by atoms with Gasteiger partial charge in [0.1, 0.15) is 11.2 Å². The van der Waals surface area contributed by atoms with E-state index in [1.54, 1.807) is 12.3 Å². The van der Waals surface area contributed by atoms with Crippen LogP contribution < -0.4 is 5.32 Å². The Morgan fingerprint density at radius 3 is 1.89 bits per heavy atom. The number of anilines is 1. The minimum atomic E-state index is -1.33. The molecule has 0 aliphatic heterocycles. The number of aliphatic carboxylic acids is 1. The molecule has 3 aromatic carbocycles. The molecule has 0 aliphatic carbocycles. The molecule has 0 bridgehead atoms. The van der Waals surface area contributed by atoms with Crippen LogP contribution in [0.1, 0.15) is 29.3 Å². The first-order valence-electron chi connectivity index (χ1n) is 11.5. The minimum absolute atomic E-state index is 0.104. The number of oxime groups is 1. The number of hydrogen-bond donors (Lipinski definition) is 2. The molecule has 0 fully saturated rings. The molecule has 1 heterocycles. The Kier molecular flexibility index (Phi) is 8.27. The van der Waals surface area contributed by atoms with Crippen molar-refractivity contribution in [2.75, 3.05) is 18.5 Å². The van der Waals surface area contributed by atoms with E-state index in [9.17, 15) is 14.7 Å². The van der Waals surface area contributed by atoms with Gasteiger partial charge in [-0.05, 0) is 23.6 Å². The lowest BCUT2D eigenvalue weighted by molar-refractivity contribution is -0.148. The van der Waals surface area contributed by atoms with E-state index >= 15 is 0 Å². The predicted molar refractivity (Wildman–Crippen MR) is 142 cm³/mol. The molecular weight excluding hydrogens is 490 g/mol. The Morgan fingerprint density at radius 2 is 1.43 bits per heavy atom. The monoisotopic (exact) mass is 515 g/mol. The van der Waals surface area contributed by atoms with Crippen LogP contribution >= 0.6 is 11.3 Å². The number of benzene rings is 3. The molecule has 188 valence electrons. The van der Waals surface area contributed by atoms with Crippen molar-refractivity contribution in [2.45, 2.75) is 12.5 Å². The van der Waals surface area contributed by atoms with Gasteiger partial charge in [0.15, 0.2) is 5.13 Å². The molecule has 4 aromatic rings. The van der Waals surface area contributed by atoms with Gasteiger partial charge in [-0.2, -0.15) is 0 Å². The topological polar surface area (TPSA) is 110 Å². The van der Waals surface area contributed by atoms with Crippen LogP contribution in [0.3, 0.4) is 0 Å². The second-order valence-electron chi connectivity index (χ2n) is 7.83. The van der Waals surface area contributed by atoms with E-state index in [1.807, 2.05) is 91.0 Å². The van der Waals surface area contributed by atoms with Crippen LogP contribution in [0.2, 0.25) is 0 Å². The largest absolute Gasteiger partial charge is 0.476 e. The summed E-state index contributed by atoms with van der Waals surface area (Å²) in [6.07, 6.45) is 0. The van der Waals surface area contributed by atoms with Crippen LogP contribution in [0, 0.1) is 0 Å². The molecule has 1 aromatic heterocycles. The van der Waals surface area contributed by atoms with Gasteiger partial charge in [0, 0.05) is 5.38 Å². The molecule has 0 atom stereocenters. The van der Waals surface area contributed by atoms with E-state index in [1.165, 1.54) is 11.3 Å². The van der Waals surface area contributed by atoms with Gasteiger partial charge >= 0.3 is 11.9 Å². The zero-order valence-electron chi connectivity index (χ0n) is 20.0. The van der Waals surface area contributed by atoms with Crippen LogP contribution in [0.4, 0.5) is 5.13 Å². The summed E-state index contributed by atoms with van der Waals surface area (Å²) in [5.74, 6) is -1.98. The molecule has 8 nitrogen and oxygen atoms in total. The first-order chi connectivity index (χ1) is 18.0. The zero-order valence-corrected chi connectivity index (χ0v) is 20.9. The summed E-state index contributed by atoms with van der Waals surface area (Å²) in [6.45, 7) is 1.35. The number of ether oxygens (including phenoxy) is 1. The van der Waals surface area contributed by atoms with E-state index in [0.717, 1.165) is 16.7 Å². The molecule has 0 unspecified atom stereocenters. The number of aromatic nitrogens is 1. The average molecular weight is 516 g/mol. The summed E-state index contributed by atoms with van der Waals surface area (Å²) in [5, 5.41) is 19.0. The number of nitrogens with one attached hydrogen (secondary N) is 1. The highest BCUT2D eigenvalue weighted by Gasteiger charge is 2.37. The summed E-state index contributed by atoms with van der Waals surface area (Å²) in [6, 6.07) is 29.9. The van der Waals surface area contributed by atoms with Gasteiger partial charge in [-0.15, -0.1) is 11.3 Å². The number of rotatable bonds is 11. The van der Waals surface area contributed by atoms with E-state index in [4.69, 9.17) is 9.57 Å². The second-order valence-corrected chi connectivity index (χ2v) is 8.69. The number of hydrogen-bond acceptors (Lipinski definition) is 8. The van der Waals surface area contributed by atoms with Crippen molar-refractivity contribution in [3.63, 3.8) is 0 Å². The average Bonchev–Trinajstić information content (AvgIpc) is 3.39. The van der Waals surface area contributed by atoms with Crippen LogP contribution in [0.25, 0.3) is 0 Å². The van der Waals surface area contributed by atoms with Crippen molar-refractivity contribution < 1.29 is 24.3 Å². The van der Waals surface area contributed by atoms with Crippen LogP contribution in [0.15, 0.2) is 102 Å². The van der Waals surface area contributed by atoms with E-state index < -0.39 is 29.8 Å². The quantitative estimate of drug-likeness (QED) is 0.126. The van der Waals surface area contributed by atoms with Gasteiger partial charge in [0.2, 0.25) is 12.3 Å². The summed E-state index contributed by atoms with van der Waals surface area (Å²) >= 11 is 1.24. The maximum Gasteiger partial charge on any atom is 0.360 e. The van der Waals surface area contributed by atoms with Gasteiger partial charge in [-0.1, -0.05) is 96.2 Å². The standard InChI is InChI=1S/C28H25N3O5S/c1-2-35-24(32)18-36-31-25(26(33)34)23-19-37-27(29-23)30-28(20-12-6-3-7-13-20,21-14-8-4-9-15-21)22-16-10-5-11-17-22/h3-17,19H,2,18H2,1H3,(H,29,30)(H,33,34)/b31-25+. The van der Waals surface area contributed by atoms with Gasteiger partial charge in [0.25, 0.3) is 0 Å². The third-order valence-corrected chi connectivity index (χ3v) is 6.27. The molecule has 0 spiro atoms. The Balaban J connectivity index is 1.75. The summed E-state index contributed by atoms with van der Waals surface area (Å²) in [5.41, 5.74) is 1.81. The molecule has 0 aliphatic rings. The van der Waals surface area contributed by atoms with E-state index in [0.29, 0.717) is 5.13 Å². The van der Waals surface area contributed by atoms with Gasteiger partial charge < -0.3 is 20.0 Å². The van der Waals surface area contributed by atoms with Crippen molar-refractivity contribution in [3.05, 3.63) is 119 Å². The molecule has 2 N–H and O–H groups in total. The van der Waals surface area contributed by atoms with E-state index in [2.05, 4.69) is 15.5 Å². The molecular formula is C28H25N3O5S. The zero-order chi connectivity index (χ0) is 26.1. The summed E-state index contributed by atoms with van der Waals surface area (Å²) in [4.78, 5) is 32.8. The fraction of sp³-hybridized carbons (Fsp3) is 0.143. The van der Waals surface area contributed by atoms with Crippen molar-refractivity contribution >= 4 is 34.1 Å². The lowest BCUT2D eigenvalue weighted by atomic mass is 9.77. The Hall–Kier alpha value is -4.50. The first kappa shape index (κ1) is 25.6. The lowest BCUT2D eigenvalue weighted by Crippen LogP contribution is -2.38. The Labute approximate surface area is 218 Å². The molecule has 0 saturated carbocycles. The Bertz CT molecular complexity index is 1260. The van der Waals surface area contributed by atoms with Crippen molar-refractivity contribution in [3.8, 4) is 0 Å². The van der Waals surface area contributed by atoms with Crippen LogP contribution in [0.5, 0.6) is 0 Å². The fourth-order valence-electron chi connectivity index (χ4n) is 3.93. The number of thiazole rings is 1. The summed E-state index contributed by atoms with van der Waals surface area (Å²) < 4.78 is 4.77. The smallest absolute Gasteiger partial charge is 0.360 e. The van der Waals surface area contributed by atoms with Crippen molar-refractivity contribution in [1.82, 2.24) is 4.98 Å². The van der Waals surface area contributed by atoms with Crippen LogP contribution in [-0.2, 0) is 24.7 Å². The fourth-order valence-corrected chi connectivity index (χ4v) is 4.68. The number of carboxylic acid groups (broad SMARTS) is 1. The molecule has 4 rings (SSSR count). The van der Waals surface area contributed by atoms with Crippen LogP contribution in [-0.4, -0.2) is 41.0 Å². The third kappa shape index (κ3) is 5.84. The minimum Gasteiger partial charge on any atom is -0.476 e. The highest BCUT2D eigenvalue weighted by Crippen LogP contribution is 2.40. The number of esters is 1. The highest BCUT2D eigenvalue weighted by molar-refractivity contribution is 7.14. The van der Waals surface area contributed by atoms with Crippen molar-refractivity contribution in [1.29, 1.82) is 0 Å². The van der Waals surface area contributed by atoms with Gasteiger partial charge in [0.05, 0.1) is 6.61 Å². The molecule has 0 amide bonds. The maximum absolute atomic E-state index is 11.9. The molecule has 0 saturated heterocycles. The van der Waals surface area contributed by atoms with Gasteiger partial charge in [-0.3, -0.25) is 0 Å². The molecule has 9 heteroatoms. The third-order valence-electron chi connectivity index (χ3n) is 5.51. The lowest BCUT2D eigenvalue weighted by Gasteiger charge is -2.36. The molecule has 0 radical (unpaired) electrons. The first-order valence-corrected chi connectivity index (χ1v) is 12.4. The number of carbonyl (C=O) groups excluding carboxylic acids is 1. The van der Waals surface area contributed by atoms with E-state index in [-0.39, 0.29) is 12.3 Å². The maximum atomic E-state index is 11.9. The SMILES string of the molecule is CCOC(=O)CO/N=C(/C(=O)O)c1csc(NC(c2ccccc2)(c2ccccc2)c2ccccc2)n1. The normalized spacial score (nSPS) is 11.5.